The molecule has 0 bridgehead atoms. The third-order valence-electron chi connectivity index (χ3n) is 3.41. The number of aromatic nitrogens is 3. The van der Waals surface area contributed by atoms with Crippen molar-refractivity contribution in [1.82, 2.24) is 14.9 Å². The van der Waals surface area contributed by atoms with E-state index in [9.17, 15) is 0 Å². The number of ether oxygens (including phenoxy) is 2. The normalized spacial score (nSPS) is 10.4. The van der Waals surface area contributed by atoms with Crippen LogP contribution in [0.1, 0.15) is 11.1 Å². The molecule has 0 aliphatic rings. The molecule has 0 unspecified atom stereocenters. The van der Waals surface area contributed by atoms with Crippen molar-refractivity contribution >= 4 is 11.6 Å². The fourth-order valence-electron chi connectivity index (χ4n) is 2.26. The van der Waals surface area contributed by atoms with E-state index >= 15 is 0 Å². The summed E-state index contributed by atoms with van der Waals surface area (Å²) in [5, 5.41) is 8.09. The Balaban J connectivity index is 1.81. The predicted molar refractivity (Wildman–Crippen MR) is 91.9 cm³/mol. The maximum Gasteiger partial charge on any atom is 0.166 e. The Labute approximate surface area is 145 Å². The molecule has 0 spiro atoms. The number of hydrogen-bond donors (Lipinski definition) is 1. The topological polar surface area (TPSA) is 61.2 Å². The number of benzene rings is 2. The molecule has 1 heterocycles. The molecule has 0 aliphatic carbocycles. The SMILES string of the molecule is COc1cc(Cl)cc(CNn2cnnc2)c1OCc1ccccc1. The van der Waals surface area contributed by atoms with Crippen molar-refractivity contribution in [2.45, 2.75) is 13.2 Å². The van der Waals surface area contributed by atoms with Gasteiger partial charge in [0.2, 0.25) is 0 Å². The van der Waals surface area contributed by atoms with E-state index in [4.69, 9.17) is 21.1 Å². The average molecular weight is 345 g/mol. The Bertz CT molecular complexity index is 779. The van der Waals surface area contributed by atoms with E-state index in [2.05, 4.69) is 15.6 Å². The highest BCUT2D eigenvalue weighted by molar-refractivity contribution is 6.30. The van der Waals surface area contributed by atoms with Crippen LogP contribution >= 0.6 is 11.6 Å². The summed E-state index contributed by atoms with van der Waals surface area (Å²) in [6.45, 7) is 0.928. The van der Waals surface area contributed by atoms with Crippen molar-refractivity contribution in [1.29, 1.82) is 0 Å². The highest BCUT2D eigenvalue weighted by Crippen LogP contribution is 2.35. The third-order valence-corrected chi connectivity index (χ3v) is 3.63. The first-order valence-electron chi connectivity index (χ1n) is 7.38. The molecule has 7 heteroatoms. The van der Waals surface area contributed by atoms with Crippen molar-refractivity contribution in [3.8, 4) is 11.5 Å². The van der Waals surface area contributed by atoms with Crippen molar-refractivity contribution in [3.05, 3.63) is 71.3 Å². The molecule has 124 valence electrons. The van der Waals surface area contributed by atoms with Crippen LogP contribution in [0.3, 0.4) is 0 Å². The highest BCUT2D eigenvalue weighted by atomic mass is 35.5. The quantitative estimate of drug-likeness (QED) is 0.712. The molecule has 2 aromatic carbocycles. The molecule has 0 fully saturated rings. The van der Waals surface area contributed by atoms with Crippen molar-refractivity contribution in [3.63, 3.8) is 0 Å². The monoisotopic (exact) mass is 344 g/mol. The van der Waals surface area contributed by atoms with E-state index in [1.807, 2.05) is 36.4 Å². The molecule has 1 aromatic heterocycles. The van der Waals surface area contributed by atoms with Crippen molar-refractivity contribution in [2.24, 2.45) is 0 Å². The van der Waals surface area contributed by atoms with Gasteiger partial charge in [0, 0.05) is 16.7 Å². The summed E-state index contributed by atoms with van der Waals surface area (Å²) in [4.78, 5) is 0. The van der Waals surface area contributed by atoms with Crippen LogP contribution in [0.25, 0.3) is 0 Å². The molecule has 1 N–H and O–H groups in total. The van der Waals surface area contributed by atoms with Gasteiger partial charge in [0.05, 0.1) is 13.7 Å². The summed E-state index contributed by atoms with van der Waals surface area (Å²) < 4.78 is 13.1. The van der Waals surface area contributed by atoms with Gasteiger partial charge in [-0.2, -0.15) is 0 Å². The van der Waals surface area contributed by atoms with Crippen LogP contribution in [0, 0.1) is 0 Å². The lowest BCUT2D eigenvalue weighted by atomic mass is 10.1. The lowest BCUT2D eigenvalue weighted by Crippen LogP contribution is -2.13. The zero-order chi connectivity index (χ0) is 16.8. The van der Waals surface area contributed by atoms with Gasteiger partial charge in [0.25, 0.3) is 0 Å². The van der Waals surface area contributed by atoms with Gasteiger partial charge >= 0.3 is 0 Å². The molecule has 0 saturated heterocycles. The Kier molecular flexibility index (Phi) is 5.18. The minimum Gasteiger partial charge on any atom is -0.493 e. The molecule has 0 aliphatic heterocycles. The Morgan fingerprint density at radius 3 is 2.58 bits per heavy atom. The van der Waals surface area contributed by atoms with Gasteiger partial charge in [-0.15, -0.1) is 10.2 Å². The first-order valence-corrected chi connectivity index (χ1v) is 7.75. The van der Waals surface area contributed by atoms with Gasteiger partial charge in [-0.1, -0.05) is 41.9 Å². The van der Waals surface area contributed by atoms with E-state index in [1.54, 1.807) is 30.5 Å². The van der Waals surface area contributed by atoms with Gasteiger partial charge < -0.3 is 14.9 Å². The predicted octanol–water partition coefficient (Wildman–Crippen LogP) is 3.26. The standard InChI is InChI=1S/C17H17ClN4O2/c1-23-16-8-15(18)7-14(9-21-22-11-19-20-12-22)17(16)24-10-13-5-3-2-4-6-13/h2-8,11-12,21H,9-10H2,1H3. The molecule has 3 aromatic rings. The average Bonchev–Trinajstić information content (AvgIpc) is 3.13. The van der Waals surface area contributed by atoms with E-state index in [1.165, 1.54) is 0 Å². The van der Waals surface area contributed by atoms with Crippen molar-refractivity contribution in [2.75, 3.05) is 12.5 Å². The maximum absolute atomic E-state index is 6.18. The van der Waals surface area contributed by atoms with Gasteiger partial charge in [0.1, 0.15) is 19.3 Å². The number of nitrogens with zero attached hydrogens (tertiary/aromatic N) is 3. The molecule has 0 radical (unpaired) electrons. The minimum atomic E-state index is 0.443. The molecule has 24 heavy (non-hydrogen) atoms. The summed E-state index contributed by atoms with van der Waals surface area (Å²) >= 11 is 6.18. The lowest BCUT2D eigenvalue weighted by molar-refractivity contribution is 0.281. The Morgan fingerprint density at radius 2 is 1.88 bits per heavy atom. The number of rotatable bonds is 7. The van der Waals surface area contributed by atoms with Gasteiger partial charge in [-0.3, -0.25) is 0 Å². The van der Waals surface area contributed by atoms with Crippen LogP contribution < -0.4 is 14.9 Å². The highest BCUT2D eigenvalue weighted by Gasteiger charge is 2.13. The number of nitrogens with one attached hydrogen (secondary N) is 1. The molecule has 0 atom stereocenters. The summed E-state index contributed by atoms with van der Waals surface area (Å²) in [5.41, 5.74) is 5.11. The smallest absolute Gasteiger partial charge is 0.166 e. The van der Waals surface area contributed by atoms with Gasteiger partial charge in [-0.25, -0.2) is 4.68 Å². The summed E-state index contributed by atoms with van der Waals surface area (Å²) in [6.07, 6.45) is 3.15. The van der Waals surface area contributed by atoms with Gasteiger partial charge in [0.15, 0.2) is 11.5 Å². The van der Waals surface area contributed by atoms with Crippen LogP contribution in [0.5, 0.6) is 11.5 Å². The Hall–Kier alpha value is -2.73. The molecule has 6 nitrogen and oxygen atoms in total. The van der Waals surface area contributed by atoms with Crippen LogP contribution in [0.4, 0.5) is 0 Å². The number of hydrogen-bond acceptors (Lipinski definition) is 5. The summed E-state index contributed by atoms with van der Waals surface area (Å²) in [7, 11) is 1.60. The summed E-state index contributed by atoms with van der Waals surface area (Å²) in [5.74, 6) is 1.25. The van der Waals surface area contributed by atoms with Crippen LogP contribution in [-0.2, 0) is 13.2 Å². The zero-order valence-electron chi connectivity index (χ0n) is 13.1. The second kappa shape index (κ2) is 7.70. The number of halogens is 1. The second-order valence-electron chi connectivity index (χ2n) is 5.07. The second-order valence-corrected chi connectivity index (χ2v) is 5.51. The fourth-order valence-corrected chi connectivity index (χ4v) is 2.49. The lowest BCUT2D eigenvalue weighted by Gasteiger charge is -2.16. The molecular formula is C17H17ClN4O2. The van der Waals surface area contributed by atoms with E-state index < -0.39 is 0 Å². The van der Waals surface area contributed by atoms with Gasteiger partial charge in [-0.05, 0) is 11.6 Å². The molecular weight excluding hydrogens is 328 g/mol. The van der Waals surface area contributed by atoms with Crippen molar-refractivity contribution < 1.29 is 9.47 Å². The molecule has 0 amide bonds. The first kappa shape index (κ1) is 16.1. The number of methoxy groups -OCH3 is 1. The van der Waals surface area contributed by atoms with E-state index in [0.29, 0.717) is 29.7 Å². The van der Waals surface area contributed by atoms with Crippen LogP contribution in [-0.4, -0.2) is 22.0 Å². The maximum atomic E-state index is 6.18. The molecule has 0 saturated carbocycles. The van der Waals surface area contributed by atoms with Crippen LogP contribution in [0.2, 0.25) is 5.02 Å². The fraction of sp³-hybridized carbons (Fsp3) is 0.176. The summed E-state index contributed by atoms with van der Waals surface area (Å²) in [6, 6.07) is 13.5. The first-order chi connectivity index (χ1) is 11.8. The van der Waals surface area contributed by atoms with E-state index in [-0.39, 0.29) is 0 Å². The molecule has 3 rings (SSSR count). The minimum absolute atomic E-state index is 0.443. The van der Waals surface area contributed by atoms with Crippen LogP contribution in [0.15, 0.2) is 55.1 Å². The largest absolute Gasteiger partial charge is 0.493 e. The Morgan fingerprint density at radius 1 is 1.12 bits per heavy atom. The van der Waals surface area contributed by atoms with E-state index in [0.717, 1.165) is 11.1 Å². The zero-order valence-corrected chi connectivity index (χ0v) is 13.9. The third kappa shape index (κ3) is 3.97.